The summed E-state index contributed by atoms with van der Waals surface area (Å²) in [6.45, 7) is 4.59. The maximum absolute atomic E-state index is 11.5. The van der Waals surface area contributed by atoms with Crippen molar-refractivity contribution in [1.82, 2.24) is 9.97 Å². The van der Waals surface area contributed by atoms with Crippen molar-refractivity contribution in [3.63, 3.8) is 0 Å². The third kappa shape index (κ3) is 5.99. The number of phenolic OH excluding ortho intramolecular Hbond substituents is 1. The van der Waals surface area contributed by atoms with Crippen LogP contribution in [0.15, 0.2) is 85.2 Å². The molecule has 3 nitrogen and oxygen atoms in total. The van der Waals surface area contributed by atoms with Crippen molar-refractivity contribution in [3.8, 4) is 5.75 Å². The van der Waals surface area contributed by atoms with Crippen LogP contribution in [0.4, 0.5) is 0 Å². The van der Waals surface area contributed by atoms with E-state index in [0.29, 0.717) is 18.6 Å². The predicted octanol–water partition coefficient (Wildman–Crippen LogP) is 8.43. The lowest BCUT2D eigenvalue weighted by Gasteiger charge is -2.15. The lowest BCUT2D eigenvalue weighted by Crippen LogP contribution is -2.01. The van der Waals surface area contributed by atoms with E-state index in [2.05, 4.69) is 74.5 Å². The van der Waals surface area contributed by atoms with Crippen LogP contribution in [0.5, 0.6) is 5.75 Å². The molecule has 0 saturated carbocycles. The molecule has 5 rings (SSSR count). The van der Waals surface area contributed by atoms with E-state index in [1.165, 1.54) is 35.6 Å². The zero-order valence-electron chi connectivity index (χ0n) is 22.0. The van der Waals surface area contributed by atoms with Crippen LogP contribution in [0.1, 0.15) is 67.6 Å². The van der Waals surface area contributed by atoms with Crippen molar-refractivity contribution in [1.29, 1.82) is 0 Å². The Bertz CT molecular complexity index is 1390. The predicted molar refractivity (Wildman–Crippen MR) is 154 cm³/mol. The Labute approximate surface area is 220 Å². The fourth-order valence-corrected chi connectivity index (χ4v) is 5.31. The molecule has 3 aromatic carbocycles. The summed E-state index contributed by atoms with van der Waals surface area (Å²) in [6.07, 6.45) is 10.9. The van der Waals surface area contributed by atoms with Crippen LogP contribution in [0, 0.1) is 5.92 Å². The van der Waals surface area contributed by atoms with Gasteiger partial charge in [0.2, 0.25) is 0 Å². The summed E-state index contributed by atoms with van der Waals surface area (Å²) in [5, 5.41) is 16.1. The number of rotatable bonds is 10. The molecule has 5 aromatic rings. The second-order valence-electron chi connectivity index (χ2n) is 10.6. The zero-order chi connectivity index (χ0) is 25.6. The fourth-order valence-electron chi connectivity index (χ4n) is 5.31. The number of aromatic hydroxyl groups is 1. The number of fused-ring (bicyclic) bond motifs is 2. The third-order valence-corrected chi connectivity index (χ3v) is 7.30. The van der Waals surface area contributed by atoms with Crippen molar-refractivity contribution in [3.05, 3.63) is 113 Å². The van der Waals surface area contributed by atoms with Gasteiger partial charge in [-0.2, -0.15) is 0 Å². The van der Waals surface area contributed by atoms with E-state index < -0.39 is 0 Å². The molecular weight excluding hydrogens is 452 g/mol. The van der Waals surface area contributed by atoms with Crippen LogP contribution in [0.2, 0.25) is 0 Å². The number of phenols is 1. The molecule has 1 N–H and O–H groups in total. The van der Waals surface area contributed by atoms with Crippen LogP contribution in [0.25, 0.3) is 21.5 Å². The molecule has 0 radical (unpaired) electrons. The standard InChI is InChI=1S/C34H36N2O/c1-24(2)10-4-3-5-11-25-20-28(22-32-30-14-8-6-12-26(30)16-18-35-32)34(37)29(21-25)23-33-31-15-9-7-13-27(31)17-19-36-33/h6-9,12-21,24,37H,3-5,10-11,22-23H2,1-2H3. The number of hydrogen-bond acceptors (Lipinski definition) is 3. The van der Waals surface area contributed by atoms with Gasteiger partial charge in [-0.1, -0.05) is 93.8 Å². The minimum absolute atomic E-state index is 0.369. The molecule has 0 bridgehead atoms. The van der Waals surface area contributed by atoms with Crippen LogP contribution in [-0.2, 0) is 19.3 Å². The van der Waals surface area contributed by atoms with E-state index >= 15 is 0 Å². The minimum atomic E-state index is 0.369. The molecule has 0 aliphatic heterocycles. The first-order valence-electron chi connectivity index (χ1n) is 13.6. The van der Waals surface area contributed by atoms with E-state index in [4.69, 9.17) is 9.97 Å². The highest BCUT2D eigenvalue weighted by atomic mass is 16.3. The van der Waals surface area contributed by atoms with E-state index in [9.17, 15) is 5.11 Å². The average Bonchev–Trinajstić information content (AvgIpc) is 2.91. The number of aryl methyl sites for hydroxylation is 1. The fraction of sp³-hybridized carbons (Fsp3) is 0.294. The molecule has 3 heteroatoms. The summed E-state index contributed by atoms with van der Waals surface area (Å²) < 4.78 is 0. The van der Waals surface area contributed by atoms with Crippen molar-refractivity contribution in [2.75, 3.05) is 0 Å². The Morgan fingerprint density at radius 1 is 0.676 bits per heavy atom. The van der Waals surface area contributed by atoms with Gasteiger partial charge in [-0.25, -0.2) is 0 Å². The Hall–Kier alpha value is -3.72. The van der Waals surface area contributed by atoms with Crippen LogP contribution in [-0.4, -0.2) is 15.1 Å². The SMILES string of the molecule is CC(C)CCCCCc1cc(Cc2nccc3ccccc23)c(O)c(Cc2nccc3ccccc23)c1. The molecule has 0 spiro atoms. The van der Waals surface area contributed by atoms with Gasteiger partial charge in [-0.3, -0.25) is 9.97 Å². The second kappa shape index (κ2) is 11.6. The topological polar surface area (TPSA) is 46.0 Å². The van der Waals surface area contributed by atoms with E-state index in [0.717, 1.165) is 52.0 Å². The average molecular weight is 489 g/mol. The molecule has 37 heavy (non-hydrogen) atoms. The highest BCUT2D eigenvalue weighted by Crippen LogP contribution is 2.32. The number of unbranched alkanes of at least 4 members (excludes halogenated alkanes) is 2. The van der Waals surface area contributed by atoms with Crippen LogP contribution in [0.3, 0.4) is 0 Å². The van der Waals surface area contributed by atoms with Gasteiger partial charge in [0.15, 0.2) is 0 Å². The summed E-state index contributed by atoms with van der Waals surface area (Å²) in [5.74, 6) is 1.13. The molecule has 0 fully saturated rings. The van der Waals surface area contributed by atoms with E-state index in [1.807, 2.05) is 24.5 Å². The highest BCUT2D eigenvalue weighted by molar-refractivity contribution is 5.85. The van der Waals surface area contributed by atoms with Crippen molar-refractivity contribution >= 4 is 21.5 Å². The smallest absolute Gasteiger partial charge is 0.122 e. The first kappa shape index (κ1) is 25.0. The Morgan fingerprint density at radius 2 is 1.22 bits per heavy atom. The Balaban J connectivity index is 1.48. The molecule has 0 unspecified atom stereocenters. The zero-order valence-corrected chi connectivity index (χ0v) is 22.0. The quantitative estimate of drug-likeness (QED) is 0.201. The molecule has 0 aliphatic carbocycles. The Morgan fingerprint density at radius 3 is 1.76 bits per heavy atom. The second-order valence-corrected chi connectivity index (χ2v) is 10.6. The molecule has 0 aliphatic rings. The highest BCUT2D eigenvalue weighted by Gasteiger charge is 2.15. The van der Waals surface area contributed by atoms with Gasteiger partial charge < -0.3 is 5.11 Å². The summed E-state index contributed by atoms with van der Waals surface area (Å²) in [7, 11) is 0. The maximum atomic E-state index is 11.5. The number of nitrogens with zero attached hydrogens (tertiary/aromatic N) is 2. The molecule has 0 atom stereocenters. The molecule has 188 valence electrons. The van der Waals surface area contributed by atoms with Gasteiger partial charge in [-0.15, -0.1) is 0 Å². The molecule has 0 amide bonds. The summed E-state index contributed by atoms with van der Waals surface area (Å²) in [6, 6.07) is 25.2. The lowest BCUT2D eigenvalue weighted by atomic mass is 9.93. The van der Waals surface area contributed by atoms with E-state index in [1.54, 1.807) is 0 Å². The lowest BCUT2D eigenvalue weighted by molar-refractivity contribution is 0.462. The van der Waals surface area contributed by atoms with Gasteiger partial charge in [0.25, 0.3) is 0 Å². The largest absolute Gasteiger partial charge is 0.507 e. The van der Waals surface area contributed by atoms with Gasteiger partial charge >= 0.3 is 0 Å². The number of pyridine rings is 2. The van der Waals surface area contributed by atoms with Crippen molar-refractivity contribution in [2.45, 2.75) is 58.8 Å². The van der Waals surface area contributed by atoms with Crippen molar-refractivity contribution in [2.24, 2.45) is 5.92 Å². The van der Waals surface area contributed by atoms with Crippen LogP contribution >= 0.6 is 0 Å². The Kier molecular flexibility index (Phi) is 7.79. The van der Waals surface area contributed by atoms with Gasteiger partial charge in [0, 0.05) is 47.1 Å². The maximum Gasteiger partial charge on any atom is 0.122 e. The normalized spacial score (nSPS) is 11.5. The summed E-state index contributed by atoms with van der Waals surface area (Å²) in [5.41, 5.74) is 5.17. The van der Waals surface area contributed by atoms with Crippen molar-refractivity contribution < 1.29 is 5.11 Å². The van der Waals surface area contributed by atoms with Gasteiger partial charge in [0.1, 0.15) is 5.75 Å². The van der Waals surface area contributed by atoms with Gasteiger partial charge in [0.05, 0.1) is 11.4 Å². The number of hydrogen-bond donors (Lipinski definition) is 1. The first-order valence-corrected chi connectivity index (χ1v) is 13.6. The van der Waals surface area contributed by atoms with Crippen LogP contribution < -0.4 is 0 Å². The minimum Gasteiger partial charge on any atom is -0.507 e. The summed E-state index contributed by atoms with van der Waals surface area (Å²) in [4.78, 5) is 9.41. The molecule has 0 saturated heterocycles. The molecule has 2 heterocycles. The summed E-state index contributed by atoms with van der Waals surface area (Å²) >= 11 is 0. The third-order valence-electron chi connectivity index (χ3n) is 7.30. The first-order chi connectivity index (χ1) is 18.1. The number of benzene rings is 3. The van der Waals surface area contributed by atoms with Gasteiger partial charge in [-0.05, 0) is 47.2 Å². The number of aromatic nitrogens is 2. The van der Waals surface area contributed by atoms with E-state index in [-0.39, 0.29) is 0 Å². The molecule has 2 aromatic heterocycles. The molecular formula is C34H36N2O. The monoisotopic (exact) mass is 488 g/mol.